The average Bonchev–Trinajstić information content (AvgIpc) is 3.18. The lowest BCUT2D eigenvalue weighted by atomic mass is 9.79. The standard InChI is InChI=1S/C22H39FN4O/c1-14-8-10-24-18-9-11-25-17-5-7-21(26-22(17)18)27-12-2-3-19(27)16-13-15(23)4-6-20(16)28-14/h14-22,24-26H,2-13H2,1H3/t14-,15?,16?,17?,18?,19+,20?,21?,22?/m0/s1. The molecule has 0 aromatic heterocycles. The van der Waals surface area contributed by atoms with Gasteiger partial charge in [-0.25, -0.2) is 4.39 Å². The number of alkyl halides is 1. The van der Waals surface area contributed by atoms with Crippen molar-refractivity contribution in [2.24, 2.45) is 5.92 Å². The number of fused-ring (bicyclic) bond motifs is 5. The molecule has 0 radical (unpaired) electrons. The molecule has 2 bridgehead atoms. The SMILES string of the molecule is C[C@H]1CCNC2CCNC3CCC(NC23)N2CCC[C@@H]2C2CC(F)CCC2O1. The van der Waals surface area contributed by atoms with Crippen LogP contribution in [0.1, 0.15) is 64.7 Å². The number of rotatable bonds is 0. The maximum atomic E-state index is 14.4. The second kappa shape index (κ2) is 8.46. The van der Waals surface area contributed by atoms with Gasteiger partial charge in [-0.2, -0.15) is 0 Å². The van der Waals surface area contributed by atoms with Gasteiger partial charge in [-0.3, -0.25) is 10.2 Å². The lowest BCUT2D eigenvalue weighted by molar-refractivity contribution is -0.0900. The minimum Gasteiger partial charge on any atom is -0.375 e. The number of hydrogen-bond acceptors (Lipinski definition) is 5. The first-order chi connectivity index (χ1) is 13.7. The second-order valence-electron chi connectivity index (χ2n) is 9.99. The zero-order chi connectivity index (χ0) is 19.1. The van der Waals surface area contributed by atoms with Crippen LogP contribution in [0, 0.1) is 5.92 Å². The molecule has 6 heteroatoms. The minimum absolute atomic E-state index is 0.230. The quantitative estimate of drug-likeness (QED) is 0.588. The van der Waals surface area contributed by atoms with E-state index in [1.807, 2.05) is 0 Å². The van der Waals surface area contributed by atoms with E-state index in [9.17, 15) is 4.39 Å². The molecule has 9 atom stereocenters. The Kier molecular flexibility index (Phi) is 5.95. The van der Waals surface area contributed by atoms with Crippen molar-refractivity contribution < 1.29 is 9.13 Å². The second-order valence-corrected chi connectivity index (χ2v) is 9.99. The van der Waals surface area contributed by atoms with Gasteiger partial charge in [-0.1, -0.05) is 0 Å². The van der Waals surface area contributed by atoms with Crippen molar-refractivity contribution >= 4 is 0 Å². The van der Waals surface area contributed by atoms with Crippen LogP contribution in [-0.2, 0) is 4.74 Å². The summed E-state index contributed by atoms with van der Waals surface area (Å²) in [7, 11) is 0. The summed E-state index contributed by atoms with van der Waals surface area (Å²) in [6.07, 6.45) is 9.67. The van der Waals surface area contributed by atoms with Gasteiger partial charge in [-0.15, -0.1) is 0 Å². The molecule has 0 spiro atoms. The van der Waals surface area contributed by atoms with Crippen LogP contribution in [0.25, 0.3) is 0 Å². The van der Waals surface area contributed by atoms with Crippen LogP contribution < -0.4 is 16.0 Å². The molecule has 5 nitrogen and oxygen atoms in total. The van der Waals surface area contributed by atoms with Gasteiger partial charge in [0.15, 0.2) is 0 Å². The van der Waals surface area contributed by atoms with E-state index in [1.54, 1.807) is 0 Å². The monoisotopic (exact) mass is 394 g/mol. The molecule has 5 rings (SSSR count). The average molecular weight is 395 g/mol. The molecular weight excluding hydrogens is 355 g/mol. The minimum atomic E-state index is -0.643. The van der Waals surface area contributed by atoms with E-state index in [0.29, 0.717) is 49.1 Å². The summed E-state index contributed by atoms with van der Waals surface area (Å²) in [5.41, 5.74) is 0. The van der Waals surface area contributed by atoms with E-state index < -0.39 is 6.17 Å². The van der Waals surface area contributed by atoms with Crippen LogP contribution in [0.5, 0.6) is 0 Å². The number of hydrogen-bond donors (Lipinski definition) is 3. The van der Waals surface area contributed by atoms with Crippen molar-refractivity contribution in [1.82, 2.24) is 20.9 Å². The normalized spacial score (nSPS) is 50.6. The van der Waals surface area contributed by atoms with Crippen molar-refractivity contribution in [3.63, 3.8) is 0 Å². The highest BCUT2D eigenvalue weighted by Crippen LogP contribution is 2.39. The third-order valence-electron chi connectivity index (χ3n) is 8.24. The summed E-state index contributed by atoms with van der Waals surface area (Å²) < 4.78 is 21.0. The molecule has 7 unspecified atom stereocenters. The Morgan fingerprint density at radius 2 is 1.75 bits per heavy atom. The van der Waals surface area contributed by atoms with E-state index in [0.717, 1.165) is 32.5 Å². The Labute approximate surface area is 169 Å². The molecule has 160 valence electrons. The highest BCUT2D eigenvalue weighted by Gasteiger charge is 2.46. The van der Waals surface area contributed by atoms with Crippen LogP contribution in [0.15, 0.2) is 0 Å². The highest BCUT2D eigenvalue weighted by molar-refractivity contribution is 5.03. The first-order valence-electron chi connectivity index (χ1n) is 12.0. The van der Waals surface area contributed by atoms with E-state index in [-0.39, 0.29) is 12.2 Å². The zero-order valence-electron chi connectivity index (χ0n) is 17.4. The maximum absolute atomic E-state index is 14.4. The first kappa shape index (κ1) is 19.7. The van der Waals surface area contributed by atoms with E-state index in [4.69, 9.17) is 4.74 Å². The lowest BCUT2D eigenvalue weighted by Gasteiger charge is -2.50. The molecular formula is C22H39FN4O. The van der Waals surface area contributed by atoms with Crippen LogP contribution in [0.2, 0.25) is 0 Å². The number of nitrogens with one attached hydrogen (secondary N) is 3. The summed E-state index contributed by atoms with van der Waals surface area (Å²) in [4.78, 5) is 2.71. The Morgan fingerprint density at radius 1 is 0.929 bits per heavy atom. The van der Waals surface area contributed by atoms with Gasteiger partial charge in [0.25, 0.3) is 0 Å². The fourth-order valence-corrected chi connectivity index (χ4v) is 6.86. The molecule has 4 saturated heterocycles. The van der Waals surface area contributed by atoms with Crippen LogP contribution in [-0.4, -0.2) is 73.2 Å². The largest absolute Gasteiger partial charge is 0.375 e. The van der Waals surface area contributed by atoms with Crippen molar-refractivity contribution in [3.05, 3.63) is 0 Å². The molecule has 4 aliphatic heterocycles. The van der Waals surface area contributed by atoms with Gasteiger partial charge < -0.3 is 15.4 Å². The molecule has 0 aromatic carbocycles. The molecule has 5 aliphatic rings. The number of halogens is 1. The van der Waals surface area contributed by atoms with E-state index in [2.05, 4.69) is 27.8 Å². The molecule has 4 heterocycles. The summed E-state index contributed by atoms with van der Waals surface area (Å²) in [6, 6.07) is 2.11. The first-order valence-corrected chi connectivity index (χ1v) is 12.0. The van der Waals surface area contributed by atoms with Crippen molar-refractivity contribution in [2.75, 3.05) is 19.6 Å². The van der Waals surface area contributed by atoms with Gasteiger partial charge >= 0.3 is 0 Å². The van der Waals surface area contributed by atoms with E-state index >= 15 is 0 Å². The molecule has 1 aliphatic carbocycles. The molecule has 0 aromatic rings. The lowest BCUT2D eigenvalue weighted by Crippen LogP contribution is -2.70. The number of nitrogens with zero attached hydrogens (tertiary/aromatic N) is 1. The van der Waals surface area contributed by atoms with Gasteiger partial charge in [0.05, 0.1) is 18.4 Å². The summed E-state index contributed by atoms with van der Waals surface area (Å²) >= 11 is 0. The summed E-state index contributed by atoms with van der Waals surface area (Å²) in [5.74, 6) is 0.349. The predicted molar refractivity (Wildman–Crippen MR) is 109 cm³/mol. The van der Waals surface area contributed by atoms with Crippen LogP contribution >= 0.6 is 0 Å². The van der Waals surface area contributed by atoms with Crippen LogP contribution in [0.4, 0.5) is 4.39 Å². The Hall–Kier alpha value is -0.270. The number of ether oxygens (including phenoxy) is 1. The van der Waals surface area contributed by atoms with E-state index in [1.165, 1.54) is 32.1 Å². The zero-order valence-corrected chi connectivity index (χ0v) is 17.4. The fourth-order valence-electron chi connectivity index (χ4n) is 6.86. The third-order valence-corrected chi connectivity index (χ3v) is 8.24. The molecule has 0 amide bonds. The Balaban J connectivity index is 1.41. The van der Waals surface area contributed by atoms with Gasteiger partial charge in [0.2, 0.25) is 0 Å². The van der Waals surface area contributed by atoms with Gasteiger partial charge in [-0.05, 0) is 84.3 Å². The summed E-state index contributed by atoms with van der Waals surface area (Å²) in [5, 5.41) is 11.7. The molecule has 1 saturated carbocycles. The number of piperidine rings is 2. The third kappa shape index (κ3) is 3.87. The highest BCUT2D eigenvalue weighted by atomic mass is 19.1. The van der Waals surface area contributed by atoms with Gasteiger partial charge in [0, 0.05) is 30.1 Å². The smallest absolute Gasteiger partial charge is 0.101 e. The Morgan fingerprint density at radius 3 is 2.64 bits per heavy atom. The summed E-state index contributed by atoms with van der Waals surface area (Å²) in [6.45, 7) is 5.50. The topological polar surface area (TPSA) is 48.6 Å². The predicted octanol–water partition coefficient (Wildman–Crippen LogP) is 2.16. The Bertz CT molecular complexity index is 537. The molecule has 3 N–H and O–H groups in total. The van der Waals surface area contributed by atoms with Crippen molar-refractivity contribution in [2.45, 2.75) is 113 Å². The van der Waals surface area contributed by atoms with Gasteiger partial charge in [0.1, 0.15) is 6.17 Å². The van der Waals surface area contributed by atoms with Crippen molar-refractivity contribution in [1.29, 1.82) is 0 Å². The fraction of sp³-hybridized carbons (Fsp3) is 1.00. The molecule has 5 fully saturated rings. The molecule has 28 heavy (non-hydrogen) atoms. The van der Waals surface area contributed by atoms with Crippen LogP contribution in [0.3, 0.4) is 0 Å². The maximum Gasteiger partial charge on any atom is 0.101 e. The van der Waals surface area contributed by atoms with Crippen molar-refractivity contribution in [3.8, 4) is 0 Å².